The van der Waals surface area contributed by atoms with Gasteiger partial charge in [-0.05, 0) is 27.2 Å². The average molecular weight is 222 g/mol. The molecule has 0 aromatic carbocycles. The standard InChI is InChI=1S/C12H22N4/c1-8(2)16-6-5-11(13)12(16)10-7-14-15(4)9(10)3/h7-8,11-12H,5-6,13H2,1-4H3/t11-,12+/m1/s1. The van der Waals surface area contributed by atoms with E-state index in [1.165, 1.54) is 11.3 Å². The molecule has 0 unspecified atom stereocenters. The van der Waals surface area contributed by atoms with Crippen molar-refractivity contribution in [2.45, 2.75) is 45.3 Å². The van der Waals surface area contributed by atoms with Gasteiger partial charge in [-0.15, -0.1) is 0 Å². The molecular formula is C12H22N4. The van der Waals surface area contributed by atoms with Crippen LogP contribution in [-0.4, -0.2) is 33.3 Å². The average Bonchev–Trinajstić information content (AvgIpc) is 2.73. The van der Waals surface area contributed by atoms with Crippen LogP contribution in [0.15, 0.2) is 6.20 Å². The van der Waals surface area contributed by atoms with Crippen LogP contribution < -0.4 is 5.73 Å². The maximum atomic E-state index is 6.24. The van der Waals surface area contributed by atoms with Crippen LogP contribution in [0.25, 0.3) is 0 Å². The van der Waals surface area contributed by atoms with Gasteiger partial charge in [-0.3, -0.25) is 9.58 Å². The molecule has 1 fully saturated rings. The van der Waals surface area contributed by atoms with E-state index in [0.29, 0.717) is 12.1 Å². The third-order valence-corrected chi connectivity index (χ3v) is 3.74. The Morgan fingerprint density at radius 3 is 2.69 bits per heavy atom. The first-order chi connectivity index (χ1) is 7.52. The van der Waals surface area contributed by atoms with Crippen molar-refractivity contribution in [3.8, 4) is 0 Å². The van der Waals surface area contributed by atoms with Crippen LogP contribution >= 0.6 is 0 Å². The molecule has 2 atom stereocenters. The summed E-state index contributed by atoms with van der Waals surface area (Å²) < 4.78 is 1.93. The van der Waals surface area contributed by atoms with E-state index in [1.54, 1.807) is 0 Å². The molecule has 1 aliphatic rings. The fourth-order valence-electron chi connectivity index (χ4n) is 2.64. The highest BCUT2D eigenvalue weighted by Gasteiger charge is 2.35. The molecule has 0 saturated carbocycles. The molecule has 16 heavy (non-hydrogen) atoms. The quantitative estimate of drug-likeness (QED) is 0.818. The zero-order valence-electron chi connectivity index (χ0n) is 10.6. The number of hydrogen-bond acceptors (Lipinski definition) is 3. The van der Waals surface area contributed by atoms with E-state index in [-0.39, 0.29) is 6.04 Å². The van der Waals surface area contributed by atoms with Crippen molar-refractivity contribution in [1.29, 1.82) is 0 Å². The van der Waals surface area contributed by atoms with Crippen LogP contribution in [0.5, 0.6) is 0 Å². The number of nitrogens with two attached hydrogens (primary N) is 1. The van der Waals surface area contributed by atoms with Crippen molar-refractivity contribution in [2.75, 3.05) is 6.54 Å². The Bertz CT molecular complexity index is 369. The van der Waals surface area contributed by atoms with Gasteiger partial charge in [-0.25, -0.2) is 0 Å². The van der Waals surface area contributed by atoms with E-state index >= 15 is 0 Å². The zero-order valence-corrected chi connectivity index (χ0v) is 10.6. The maximum Gasteiger partial charge on any atom is 0.0541 e. The van der Waals surface area contributed by atoms with Gasteiger partial charge >= 0.3 is 0 Å². The lowest BCUT2D eigenvalue weighted by Gasteiger charge is -2.30. The monoisotopic (exact) mass is 222 g/mol. The van der Waals surface area contributed by atoms with Crippen molar-refractivity contribution in [3.05, 3.63) is 17.5 Å². The summed E-state index contributed by atoms with van der Waals surface area (Å²) in [5.41, 5.74) is 8.76. The van der Waals surface area contributed by atoms with Crippen molar-refractivity contribution in [1.82, 2.24) is 14.7 Å². The predicted molar refractivity (Wildman–Crippen MR) is 65.1 cm³/mol. The predicted octanol–water partition coefficient (Wildman–Crippen LogP) is 1.21. The van der Waals surface area contributed by atoms with Gasteiger partial charge in [0, 0.05) is 36.9 Å². The summed E-state index contributed by atoms with van der Waals surface area (Å²) in [4.78, 5) is 2.48. The van der Waals surface area contributed by atoms with Crippen LogP contribution in [0.4, 0.5) is 0 Å². The normalized spacial score (nSPS) is 26.9. The molecule has 2 N–H and O–H groups in total. The first-order valence-electron chi connectivity index (χ1n) is 6.02. The number of nitrogens with zero attached hydrogens (tertiary/aromatic N) is 3. The zero-order chi connectivity index (χ0) is 11.9. The number of aromatic nitrogens is 2. The van der Waals surface area contributed by atoms with Gasteiger partial charge in [-0.1, -0.05) is 0 Å². The second kappa shape index (κ2) is 4.18. The molecule has 1 aliphatic heterocycles. The first kappa shape index (κ1) is 11.6. The summed E-state index contributed by atoms with van der Waals surface area (Å²) in [6, 6.07) is 1.12. The van der Waals surface area contributed by atoms with Gasteiger partial charge in [0.15, 0.2) is 0 Å². The number of hydrogen-bond donors (Lipinski definition) is 1. The largest absolute Gasteiger partial charge is 0.326 e. The third kappa shape index (κ3) is 1.76. The summed E-state index contributed by atoms with van der Waals surface area (Å²) in [5, 5.41) is 4.32. The lowest BCUT2D eigenvalue weighted by Crippen LogP contribution is -2.36. The molecule has 1 saturated heterocycles. The van der Waals surface area contributed by atoms with Crippen LogP contribution in [-0.2, 0) is 7.05 Å². The van der Waals surface area contributed by atoms with Crippen molar-refractivity contribution in [2.24, 2.45) is 12.8 Å². The van der Waals surface area contributed by atoms with Gasteiger partial charge in [0.2, 0.25) is 0 Å². The minimum absolute atomic E-state index is 0.241. The summed E-state index contributed by atoms with van der Waals surface area (Å²) in [6.45, 7) is 7.68. The first-order valence-corrected chi connectivity index (χ1v) is 6.02. The molecule has 1 aromatic heterocycles. The molecule has 90 valence electrons. The Kier molecular flexibility index (Phi) is 3.04. The SMILES string of the molecule is Cc1c([C@H]2[C@H](N)CCN2C(C)C)cnn1C. The Morgan fingerprint density at radius 1 is 1.50 bits per heavy atom. The van der Waals surface area contributed by atoms with E-state index in [0.717, 1.165) is 13.0 Å². The summed E-state index contributed by atoms with van der Waals surface area (Å²) >= 11 is 0. The second-order valence-electron chi connectivity index (χ2n) is 5.04. The fraction of sp³-hybridized carbons (Fsp3) is 0.750. The van der Waals surface area contributed by atoms with Gasteiger partial charge in [0.25, 0.3) is 0 Å². The van der Waals surface area contributed by atoms with E-state index in [9.17, 15) is 0 Å². The third-order valence-electron chi connectivity index (χ3n) is 3.74. The van der Waals surface area contributed by atoms with Crippen molar-refractivity contribution >= 4 is 0 Å². The summed E-state index contributed by atoms with van der Waals surface area (Å²) in [7, 11) is 1.99. The van der Waals surface area contributed by atoms with Crippen molar-refractivity contribution in [3.63, 3.8) is 0 Å². The van der Waals surface area contributed by atoms with Crippen LogP contribution in [0.2, 0.25) is 0 Å². The van der Waals surface area contributed by atoms with E-state index in [4.69, 9.17) is 5.73 Å². The molecule has 2 heterocycles. The Balaban J connectivity index is 2.33. The van der Waals surface area contributed by atoms with E-state index < -0.39 is 0 Å². The van der Waals surface area contributed by atoms with Gasteiger partial charge < -0.3 is 5.73 Å². The van der Waals surface area contributed by atoms with Crippen LogP contribution in [0, 0.1) is 6.92 Å². The van der Waals surface area contributed by atoms with Gasteiger partial charge in [0.1, 0.15) is 0 Å². The number of aryl methyl sites for hydroxylation is 1. The smallest absolute Gasteiger partial charge is 0.0541 e. The van der Waals surface area contributed by atoms with Crippen LogP contribution in [0.3, 0.4) is 0 Å². The molecule has 0 spiro atoms. The molecule has 1 aromatic rings. The Labute approximate surface area is 97.4 Å². The Hall–Kier alpha value is -0.870. The lowest BCUT2D eigenvalue weighted by atomic mass is 10.0. The lowest BCUT2D eigenvalue weighted by molar-refractivity contribution is 0.197. The summed E-state index contributed by atoms with van der Waals surface area (Å²) in [6.07, 6.45) is 3.05. The Morgan fingerprint density at radius 2 is 2.19 bits per heavy atom. The molecule has 0 bridgehead atoms. The van der Waals surface area contributed by atoms with Crippen molar-refractivity contribution < 1.29 is 0 Å². The highest BCUT2D eigenvalue weighted by atomic mass is 15.3. The molecule has 0 radical (unpaired) electrons. The topological polar surface area (TPSA) is 47.1 Å². The molecule has 4 nitrogen and oxygen atoms in total. The van der Waals surface area contributed by atoms with Gasteiger partial charge in [-0.2, -0.15) is 5.10 Å². The highest BCUT2D eigenvalue weighted by Crippen LogP contribution is 2.34. The minimum atomic E-state index is 0.241. The second-order valence-corrected chi connectivity index (χ2v) is 5.04. The number of rotatable bonds is 2. The fourth-order valence-corrected chi connectivity index (χ4v) is 2.64. The molecule has 0 aliphatic carbocycles. The molecule has 4 heteroatoms. The molecule has 2 rings (SSSR count). The summed E-state index contributed by atoms with van der Waals surface area (Å²) in [5.74, 6) is 0. The van der Waals surface area contributed by atoms with Crippen LogP contribution in [0.1, 0.15) is 37.6 Å². The highest BCUT2D eigenvalue weighted by molar-refractivity contribution is 5.24. The van der Waals surface area contributed by atoms with E-state index in [2.05, 4.69) is 30.8 Å². The van der Waals surface area contributed by atoms with E-state index in [1.807, 2.05) is 17.9 Å². The minimum Gasteiger partial charge on any atom is -0.326 e. The van der Waals surface area contributed by atoms with Gasteiger partial charge in [0.05, 0.1) is 12.2 Å². The molecular weight excluding hydrogens is 200 g/mol. The number of likely N-dealkylation sites (tertiary alicyclic amines) is 1. The molecule has 0 amide bonds. The maximum absolute atomic E-state index is 6.24.